The molecule has 0 amide bonds. The Balaban J connectivity index is 3.09. The van der Waals surface area contributed by atoms with Gasteiger partial charge in [0.2, 0.25) is 0 Å². The molecule has 1 aromatic heterocycles. The lowest BCUT2D eigenvalue weighted by atomic mass is 10.2. The fraction of sp³-hybridized carbons (Fsp3) is 0.455. The van der Waals surface area contributed by atoms with Crippen LogP contribution in [0.2, 0.25) is 0 Å². The van der Waals surface area contributed by atoms with E-state index in [0.29, 0.717) is 5.56 Å². The van der Waals surface area contributed by atoms with E-state index in [1.165, 1.54) is 25.7 Å². The van der Waals surface area contributed by atoms with Crippen molar-refractivity contribution in [2.75, 3.05) is 13.3 Å². The van der Waals surface area contributed by atoms with Crippen LogP contribution in [0.1, 0.15) is 23.4 Å². The molecule has 19 heavy (non-hydrogen) atoms. The summed E-state index contributed by atoms with van der Waals surface area (Å²) in [4.78, 5) is 6.95. The van der Waals surface area contributed by atoms with Crippen LogP contribution in [0.5, 0.6) is 0 Å². The van der Waals surface area contributed by atoms with Crippen molar-refractivity contribution in [2.24, 2.45) is 9.36 Å². The van der Waals surface area contributed by atoms with Crippen LogP contribution in [0, 0.1) is 0 Å². The fourth-order valence-corrected chi connectivity index (χ4v) is 2.41. The molecule has 0 aliphatic carbocycles. The van der Waals surface area contributed by atoms with E-state index in [0.717, 1.165) is 12.3 Å². The van der Waals surface area contributed by atoms with E-state index in [1.54, 1.807) is 6.92 Å². The fourth-order valence-electron chi connectivity index (χ4n) is 1.30. The zero-order valence-electron chi connectivity index (χ0n) is 10.7. The highest BCUT2D eigenvalue weighted by atomic mass is 32.2. The van der Waals surface area contributed by atoms with E-state index < -0.39 is 26.8 Å². The number of hydrogen-bond donors (Lipinski definition) is 0. The smallest absolute Gasteiger partial charge is 0.276 e. The highest BCUT2D eigenvalue weighted by molar-refractivity contribution is 7.93. The van der Waals surface area contributed by atoms with Crippen molar-refractivity contribution >= 4 is 16.1 Å². The maximum Gasteiger partial charge on any atom is 0.433 e. The van der Waals surface area contributed by atoms with Crippen LogP contribution in [0.15, 0.2) is 27.7 Å². The minimum Gasteiger partial charge on any atom is -0.276 e. The summed E-state index contributed by atoms with van der Waals surface area (Å²) in [7, 11) is -1.13. The van der Waals surface area contributed by atoms with Crippen molar-refractivity contribution in [1.29, 1.82) is 0 Å². The lowest BCUT2D eigenvalue weighted by molar-refractivity contribution is -0.141. The molecule has 2 atom stereocenters. The monoisotopic (exact) mass is 293 g/mol. The SMILES string of the molecule is C/N=C/N=S(C)(=O)[C@@H](C)c1ccc(C(F)(F)F)nc1. The zero-order valence-corrected chi connectivity index (χ0v) is 11.5. The van der Waals surface area contributed by atoms with Gasteiger partial charge in [0.25, 0.3) is 0 Å². The third kappa shape index (κ3) is 4.02. The molecule has 0 aliphatic rings. The summed E-state index contributed by atoms with van der Waals surface area (Å²) in [6, 6.07) is 2.14. The van der Waals surface area contributed by atoms with Crippen LogP contribution in [-0.2, 0) is 15.9 Å². The van der Waals surface area contributed by atoms with Crippen molar-refractivity contribution in [1.82, 2.24) is 4.98 Å². The Morgan fingerprint density at radius 3 is 2.47 bits per heavy atom. The summed E-state index contributed by atoms with van der Waals surface area (Å²) in [6.07, 6.45) is -0.794. The van der Waals surface area contributed by atoms with Gasteiger partial charge >= 0.3 is 6.18 Å². The van der Waals surface area contributed by atoms with Crippen molar-refractivity contribution in [3.63, 3.8) is 0 Å². The molecule has 0 fully saturated rings. The number of rotatable bonds is 3. The quantitative estimate of drug-likeness (QED) is 0.635. The molecule has 1 rings (SSSR count). The molecule has 0 N–H and O–H groups in total. The van der Waals surface area contributed by atoms with E-state index >= 15 is 0 Å². The molecule has 106 valence electrons. The number of nitrogens with zero attached hydrogens (tertiary/aromatic N) is 3. The van der Waals surface area contributed by atoms with Gasteiger partial charge in [0, 0.05) is 19.5 Å². The molecular weight excluding hydrogens is 279 g/mol. The maximum atomic E-state index is 12.4. The van der Waals surface area contributed by atoms with Crippen LogP contribution < -0.4 is 0 Å². The maximum absolute atomic E-state index is 12.4. The summed E-state index contributed by atoms with van der Waals surface area (Å²) in [5.41, 5.74) is -0.535. The van der Waals surface area contributed by atoms with Crippen molar-refractivity contribution in [3.8, 4) is 0 Å². The molecule has 1 heterocycles. The van der Waals surface area contributed by atoms with Gasteiger partial charge in [-0.05, 0) is 18.6 Å². The summed E-state index contributed by atoms with van der Waals surface area (Å²) >= 11 is 0. The number of aliphatic imine (C=N–C) groups is 1. The summed E-state index contributed by atoms with van der Waals surface area (Å²) < 4.78 is 53.1. The largest absolute Gasteiger partial charge is 0.433 e. The normalized spacial score (nSPS) is 17.2. The molecule has 0 saturated heterocycles. The van der Waals surface area contributed by atoms with Crippen LogP contribution in [0.4, 0.5) is 13.2 Å². The van der Waals surface area contributed by atoms with Gasteiger partial charge in [-0.2, -0.15) is 17.5 Å². The second-order valence-corrected chi connectivity index (χ2v) is 6.60. The first-order valence-corrected chi connectivity index (χ1v) is 7.31. The van der Waals surface area contributed by atoms with Gasteiger partial charge < -0.3 is 0 Å². The van der Waals surface area contributed by atoms with E-state index in [1.807, 2.05) is 0 Å². The molecule has 0 radical (unpaired) electrons. The molecule has 8 heteroatoms. The standard InChI is InChI=1S/C11H14F3N3OS/c1-8(19(3,18)17-7-15-2)9-4-5-10(16-6-9)11(12,13)14/h4-8H,1-3H3/b15-7+/t8-,19?/m0/s1. The highest BCUT2D eigenvalue weighted by Gasteiger charge is 2.32. The number of halogens is 3. The van der Waals surface area contributed by atoms with E-state index in [-0.39, 0.29) is 0 Å². The molecule has 1 aromatic rings. The van der Waals surface area contributed by atoms with Gasteiger partial charge in [0.05, 0.1) is 15.0 Å². The lowest BCUT2D eigenvalue weighted by Gasteiger charge is -2.14. The number of pyridine rings is 1. The van der Waals surface area contributed by atoms with Gasteiger partial charge in [-0.3, -0.25) is 9.98 Å². The second kappa shape index (κ2) is 5.68. The Morgan fingerprint density at radius 1 is 1.42 bits per heavy atom. The van der Waals surface area contributed by atoms with Gasteiger partial charge in [-0.25, -0.2) is 4.21 Å². The van der Waals surface area contributed by atoms with Crippen LogP contribution >= 0.6 is 0 Å². The minimum atomic E-state index is -4.48. The second-order valence-electron chi connectivity index (χ2n) is 3.96. The van der Waals surface area contributed by atoms with E-state index in [2.05, 4.69) is 14.3 Å². The average molecular weight is 293 g/mol. The van der Waals surface area contributed by atoms with Crippen molar-refractivity contribution < 1.29 is 17.4 Å². The number of hydrogen-bond acceptors (Lipinski definition) is 3. The number of alkyl halides is 3. The average Bonchev–Trinajstić information content (AvgIpc) is 2.34. The highest BCUT2D eigenvalue weighted by Crippen LogP contribution is 2.29. The van der Waals surface area contributed by atoms with E-state index in [9.17, 15) is 17.4 Å². The Bertz CT molecular complexity index is 572. The van der Waals surface area contributed by atoms with Crippen LogP contribution in [-0.4, -0.2) is 28.8 Å². The molecular formula is C11H14F3N3OS. The third-order valence-electron chi connectivity index (χ3n) is 2.57. The molecule has 0 aliphatic heterocycles. The molecule has 0 aromatic carbocycles. The summed E-state index contributed by atoms with van der Waals surface area (Å²) in [5.74, 6) is 0. The molecule has 0 saturated carbocycles. The Hall–Kier alpha value is -1.44. The first kappa shape index (κ1) is 15.6. The van der Waals surface area contributed by atoms with Gasteiger partial charge in [0.15, 0.2) is 0 Å². The molecule has 0 spiro atoms. The van der Waals surface area contributed by atoms with Crippen molar-refractivity contribution in [3.05, 3.63) is 29.6 Å². The van der Waals surface area contributed by atoms with Crippen molar-refractivity contribution in [2.45, 2.75) is 18.3 Å². The molecule has 4 nitrogen and oxygen atoms in total. The Morgan fingerprint density at radius 2 is 2.05 bits per heavy atom. The van der Waals surface area contributed by atoms with Crippen LogP contribution in [0.3, 0.4) is 0 Å². The topological polar surface area (TPSA) is 54.7 Å². The Kier molecular flexibility index (Phi) is 4.67. The lowest BCUT2D eigenvalue weighted by Crippen LogP contribution is -2.11. The first-order valence-electron chi connectivity index (χ1n) is 5.32. The Labute approximate surface area is 110 Å². The molecule has 0 bridgehead atoms. The first-order chi connectivity index (χ1) is 8.68. The third-order valence-corrected chi connectivity index (χ3v) is 4.67. The van der Waals surface area contributed by atoms with Gasteiger partial charge in [0.1, 0.15) is 12.0 Å². The van der Waals surface area contributed by atoms with Gasteiger partial charge in [-0.1, -0.05) is 6.07 Å². The van der Waals surface area contributed by atoms with Gasteiger partial charge in [-0.15, -0.1) is 0 Å². The molecule has 1 unspecified atom stereocenters. The van der Waals surface area contributed by atoms with E-state index in [4.69, 9.17) is 0 Å². The summed E-state index contributed by atoms with van der Waals surface area (Å²) in [5, 5.41) is -0.541. The predicted molar refractivity (Wildman–Crippen MR) is 68.6 cm³/mol. The summed E-state index contributed by atoms with van der Waals surface area (Å²) in [6.45, 7) is 1.62. The zero-order chi connectivity index (χ0) is 14.7. The predicted octanol–water partition coefficient (Wildman–Crippen LogP) is 2.92. The van der Waals surface area contributed by atoms with Crippen LogP contribution in [0.25, 0.3) is 0 Å². The minimum absolute atomic E-state index is 0.439. The number of aromatic nitrogens is 1.